The molecule has 0 bridgehead atoms. The number of hydrogen-bond donors (Lipinski definition) is 1. The lowest BCUT2D eigenvalue weighted by Crippen LogP contribution is -2.25. The first-order valence-corrected chi connectivity index (χ1v) is 11.6. The summed E-state index contributed by atoms with van der Waals surface area (Å²) in [7, 11) is 0. The molecule has 1 N–H and O–H groups in total. The number of halogens is 1. The fourth-order valence-corrected chi connectivity index (χ4v) is 5.15. The highest BCUT2D eigenvalue weighted by atomic mass is 32.2. The number of aromatic nitrogens is 7. The van der Waals surface area contributed by atoms with E-state index in [4.69, 9.17) is 4.98 Å². The highest BCUT2D eigenvalue weighted by molar-refractivity contribution is 7.92. The molecule has 6 heterocycles. The summed E-state index contributed by atoms with van der Waals surface area (Å²) in [5, 5.41) is 16.0. The van der Waals surface area contributed by atoms with E-state index in [1.807, 2.05) is 29.2 Å². The van der Waals surface area contributed by atoms with Crippen LogP contribution in [-0.4, -0.2) is 46.8 Å². The molecule has 1 saturated heterocycles. The number of aromatic amines is 1. The molecule has 5 aromatic rings. The van der Waals surface area contributed by atoms with Crippen molar-refractivity contribution in [2.75, 3.05) is 18.0 Å². The molecule has 0 spiro atoms. The molecule has 0 saturated carbocycles. The van der Waals surface area contributed by atoms with Gasteiger partial charge in [0.15, 0.2) is 18.0 Å². The minimum atomic E-state index is -0.0682. The smallest absolute Gasteiger partial charge is 0.171 e. The van der Waals surface area contributed by atoms with Crippen molar-refractivity contribution in [1.29, 1.82) is 5.26 Å². The fourth-order valence-electron chi connectivity index (χ4n) is 4.83. The first kappa shape index (κ1) is 20.7. The molecular formula is C23H20FN9S. The van der Waals surface area contributed by atoms with E-state index < -0.39 is 0 Å². The molecule has 1 fully saturated rings. The number of nitrogens with one attached hydrogen (secondary N) is 1. The van der Waals surface area contributed by atoms with Gasteiger partial charge in [0.2, 0.25) is 0 Å². The number of rotatable bonds is 6. The number of fused-ring (bicyclic) bond motifs is 2. The Bertz CT molecular complexity index is 1510. The summed E-state index contributed by atoms with van der Waals surface area (Å²) in [6, 6.07) is 10.2. The van der Waals surface area contributed by atoms with Crippen molar-refractivity contribution in [2.45, 2.75) is 18.9 Å². The van der Waals surface area contributed by atoms with Crippen LogP contribution in [0.2, 0.25) is 0 Å². The Labute approximate surface area is 198 Å². The minimum absolute atomic E-state index is 0.0682. The molecule has 6 rings (SSSR count). The van der Waals surface area contributed by atoms with E-state index in [1.54, 1.807) is 18.5 Å². The molecule has 5 aromatic heterocycles. The molecule has 11 heteroatoms. The summed E-state index contributed by atoms with van der Waals surface area (Å²) >= 11 is 0.0995. The number of anilines is 1. The molecule has 0 amide bonds. The summed E-state index contributed by atoms with van der Waals surface area (Å²) in [5.74, 6) is 1.19. The van der Waals surface area contributed by atoms with Crippen molar-refractivity contribution in [3.05, 3.63) is 55.4 Å². The van der Waals surface area contributed by atoms with Gasteiger partial charge in [0.1, 0.15) is 17.8 Å². The van der Waals surface area contributed by atoms with Gasteiger partial charge in [0, 0.05) is 53.9 Å². The topological polar surface area (TPSA) is 104 Å². The van der Waals surface area contributed by atoms with Crippen molar-refractivity contribution in [3.63, 3.8) is 0 Å². The summed E-state index contributed by atoms with van der Waals surface area (Å²) in [6.45, 7) is 1.68. The van der Waals surface area contributed by atoms with Gasteiger partial charge in [0.25, 0.3) is 0 Å². The van der Waals surface area contributed by atoms with Gasteiger partial charge in [-0.25, -0.2) is 18.9 Å². The number of nitriles is 1. The maximum absolute atomic E-state index is 13.2. The summed E-state index contributed by atoms with van der Waals surface area (Å²) < 4.78 is 16.4. The Kier molecular flexibility index (Phi) is 5.15. The average molecular weight is 474 g/mol. The fraction of sp³-hybridized carbons (Fsp3) is 0.261. The average Bonchev–Trinajstić information content (AvgIpc) is 3.67. The second-order valence-electron chi connectivity index (χ2n) is 8.39. The van der Waals surface area contributed by atoms with E-state index in [1.165, 1.54) is 10.3 Å². The maximum Gasteiger partial charge on any atom is 0.171 e. The highest BCUT2D eigenvalue weighted by Crippen LogP contribution is 2.34. The van der Waals surface area contributed by atoms with Crippen LogP contribution in [0, 0.1) is 17.2 Å². The third kappa shape index (κ3) is 3.47. The molecule has 0 aliphatic carbocycles. The van der Waals surface area contributed by atoms with Gasteiger partial charge in [0.05, 0.1) is 30.4 Å². The van der Waals surface area contributed by atoms with Gasteiger partial charge in [-0.2, -0.15) is 10.4 Å². The third-order valence-corrected chi connectivity index (χ3v) is 6.97. The molecule has 34 heavy (non-hydrogen) atoms. The van der Waals surface area contributed by atoms with Gasteiger partial charge in [-0.15, -0.1) is 3.89 Å². The summed E-state index contributed by atoms with van der Waals surface area (Å²) in [6.07, 6.45) is 9.93. The zero-order valence-corrected chi connectivity index (χ0v) is 18.9. The standard InChI is InChI=1S/C23H20FN9S/c24-34-33-10-6-18-21(27-14-28-23(18)33)17-11-29-32(13-17)19(3-7-25)16-5-9-31(12-16)20-2-1-15-4-8-26-22(15)30-20/h1-2,4,6,8,10-11,13-14,16,19H,3,5,9,12H2,(H,26,30). The Morgan fingerprint density at radius 3 is 3.09 bits per heavy atom. The zero-order valence-electron chi connectivity index (χ0n) is 18.0. The van der Waals surface area contributed by atoms with Crippen molar-refractivity contribution in [1.82, 2.24) is 33.7 Å². The van der Waals surface area contributed by atoms with Crippen LogP contribution in [0.1, 0.15) is 18.9 Å². The van der Waals surface area contributed by atoms with E-state index >= 15 is 0 Å². The Balaban J connectivity index is 1.27. The van der Waals surface area contributed by atoms with E-state index in [9.17, 15) is 9.15 Å². The van der Waals surface area contributed by atoms with Crippen LogP contribution < -0.4 is 4.90 Å². The molecule has 1 aliphatic rings. The van der Waals surface area contributed by atoms with Crippen LogP contribution in [0.15, 0.2) is 55.4 Å². The molecule has 1 aliphatic heterocycles. The van der Waals surface area contributed by atoms with E-state index in [-0.39, 0.29) is 24.3 Å². The lowest BCUT2D eigenvalue weighted by atomic mass is 9.96. The molecular weight excluding hydrogens is 453 g/mol. The predicted molar refractivity (Wildman–Crippen MR) is 129 cm³/mol. The Hall–Kier alpha value is -3.91. The summed E-state index contributed by atoms with van der Waals surface area (Å²) in [5.41, 5.74) is 2.89. The SMILES string of the molecule is N#CCC(C1CCN(c2ccc3cc[nH]c3n2)C1)n1cc(-c2ncnc3c2ccn3SF)cn1. The Morgan fingerprint density at radius 2 is 2.21 bits per heavy atom. The van der Waals surface area contributed by atoms with Crippen LogP contribution in [0.3, 0.4) is 0 Å². The summed E-state index contributed by atoms with van der Waals surface area (Å²) in [4.78, 5) is 18.8. The minimum Gasteiger partial charge on any atom is -0.356 e. The predicted octanol–water partition coefficient (Wildman–Crippen LogP) is 4.53. The number of pyridine rings is 1. The number of H-pyrrole nitrogens is 1. The van der Waals surface area contributed by atoms with E-state index in [2.05, 4.69) is 37.1 Å². The third-order valence-electron chi connectivity index (χ3n) is 6.53. The van der Waals surface area contributed by atoms with Gasteiger partial charge >= 0.3 is 0 Å². The maximum atomic E-state index is 13.2. The second-order valence-corrected chi connectivity index (χ2v) is 8.92. The van der Waals surface area contributed by atoms with Crippen LogP contribution >= 0.6 is 12.3 Å². The highest BCUT2D eigenvalue weighted by Gasteiger charge is 2.32. The van der Waals surface area contributed by atoms with Crippen LogP contribution in [0.4, 0.5) is 9.70 Å². The molecule has 0 aromatic carbocycles. The van der Waals surface area contributed by atoms with Gasteiger partial charge in [-0.1, -0.05) is 0 Å². The van der Waals surface area contributed by atoms with Crippen LogP contribution in [-0.2, 0) is 0 Å². The molecule has 2 atom stereocenters. The Morgan fingerprint density at radius 1 is 1.26 bits per heavy atom. The normalized spacial score (nSPS) is 16.9. The van der Waals surface area contributed by atoms with E-state index in [0.29, 0.717) is 17.8 Å². The molecule has 2 unspecified atom stereocenters. The van der Waals surface area contributed by atoms with E-state index in [0.717, 1.165) is 47.3 Å². The molecule has 9 nitrogen and oxygen atoms in total. The molecule has 170 valence electrons. The van der Waals surface area contributed by atoms with Crippen LogP contribution in [0.25, 0.3) is 33.3 Å². The largest absolute Gasteiger partial charge is 0.356 e. The zero-order chi connectivity index (χ0) is 23.1. The first-order valence-electron chi connectivity index (χ1n) is 11.0. The monoisotopic (exact) mass is 473 g/mol. The lowest BCUT2D eigenvalue weighted by molar-refractivity contribution is 0.332. The van der Waals surface area contributed by atoms with Gasteiger partial charge < -0.3 is 9.88 Å². The van der Waals surface area contributed by atoms with Crippen molar-refractivity contribution >= 4 is 40.2 Å². The van der Waals surface area contributed by atoms with Crippen LogP contribution in [0.5, 0.6) is 0 Å². The number of nitrogens with zero attached hydrogens (tertiary/aromatic N) is 8. The van der Waals surface area contributed by atoms with Crippen molar-refractivity contribution in [2.24, 2.45) is 5.92 Å². The first-order chi connectivity index (χ1) is 16.7. The lowest BCUT2D eigenvalue weighted by Gasteiger charge is -2.23. The van der Waals surface area contributed by atoms with Gasteiger partial charge in [-0.3, -0.25) is 4.68 Å². The van der Waals surface area contributed by atoms with Crippen molar-refractivity contribution in [3.8, 4) is 17.3 Å². The number of hydrogen-bond acceptors (Lipinski definition) is 7. The molecule has 0 radical (unpaired) electrons. The quantitative estimate of drug-likeness (QED) is 0.386. The second kappa shape index (κ2) is 8.46. The van der Waals surface area contributed by atoms with Gasteiger partial charge in [-0.05, 0) is 30.7 Å². The van der Waals surface area contributed by atoms with Crippen molar-refractivity contribution < 1.29 is 3.89 Å².